The van der Waals surface area contributed by atoms with Crippen LogP contribution in [0, 0.1) is 12.7 Å². The first-order valence-electron chi connectivity index (χ1n) is 10.0. The molecule has 0 bridgehead atoms. The van der Waals surface area contributed by atoms with Crippen molar-refractivity contribution in [2.75, 3.05) is 5.32 Å². The summed E-state index contributed by atoms with van der Waals surface area (Å²) >= 11 is 6.68. The van der Waals surface area contributed by atoms with E-state index in [-0.39, 0.29) is 11.9 Å². The number of aromatic nitrogens is 6. The van der Waals surface area contributed by atoms with Crippen LogP contribution in [-0.4, -0.2) is 30.1 Å². The normalized spacial score (nSPS) is 12.2. The van der Waals surface area contributed by atoms with Gasteiger partial charge >= 0.3 is 0 Å². The number of benzene rings is 2. The average molecular weight is 448 g/mol. The lowest BCUT2D eigenvalue weighted by Crippen LogP contribution is -2.11. The maximum Gasteiger partial charge on any atom is 0.162 e. The monoisotopic (exact) mass is 447 g/mol. The van der Waals surface area contributed by atoms with Crippen molar-refractivity contribution in [2.45, 2.75) is 19.9 Å². The van der Waals surface area contributed by atoms with Crippen molar-refractivity contribution >= 4 is 28.6 Å². The second-order valence-electron chi connectivity index (χ2n) is 7.51. The van der Waals surface area contributed by atoms with E-state index in [4.69, 9.17) is 11.6 Å². The van der Waals surface area contributed by atoms with Crippen LogP contribution >= 0.6 is 11.6 Å². The van der Waals surface area contributed by atoms with Crippen LogP contribution in [0.1, 0.15) is 24.1 Å². The van der Waals surface area contributed by atoms with Gasteiger partial charge in [0.2, 0.25) is 0 Å². The largest absolute Gasteiger partial charge is 0.362 e. The fourth-order valence-corrected chi connectivity index (χ4v) is 4.18. The maximum absolute atomic E-state index is 14.2. The van der Waals surface area contributed by atoms with Gasteiger partial charge in [-0.25, -0.2) is 19.3 Å². The third kappa shape index (κ3) is 3.48. The minimum absolute atomic E-state index is 0.230. The van der Waals surface area contributed by atoms with Crippen LogP contribution in [0.4, 0.5) is 10.2 Å². The van der Waals surface area contributed by atoms with Gasteiger partial charge in [-0.05, 0) is 59.9 Å². The van der Waals surface area contributed by atoms with Gasteiger partial charge < -0.3 is 10.3 Å². The number of hydrogen-bond donors (Lipinski definition) is 3. The summed E-state index contributed by atoms with van der Waals surface area (Å²) in [4.78, 5) is 15.9. The molecule has 3 aromatic heterocycles. The number of H-pyrrole nitrogens is 2. The second-order valence-corrected chi connectivity index (χ2v) is 7.92. The molecule has 9 heteroatoms. The van der Waals surface area contributed by atoms with Gasteiger partial charge in [-0.3, -0.25) is 5.10 Å². The van der Waals surface area contributed by atoms with Crippen LogP contribution in [0.2, 0.25) is 5.02 Å². The van der Waals surface area contributed by atoms with E-state index in [0.717, 1.165) is 33.4 Å². The molecular formula is C23H19ClFN7. The molecule has 1 unspecified atom stereocenters. The number of rotatable bonds is 5. The Morgan fingerprint density at radius 2 is 1.97 bits per heavy atom. The average Bonchev–Trinajstić information content (AvgIpc) is 3.47. The number of nitrogens with one attached hydrogen (secondary N) is 3. The molecule has 7 nitrogen and oxygen atoms in total. The Morgan fingerprint density at radius 3 is 2.75 bits per heavy atom. The first-order chi connectivity index (χ1) is 15.5. The zero-order chi connectivity index (χ0) is 22.2. The third-order valence-electron chi connectivity index (χ3n) is 5.49. The van der Waals surface area contributed by atoms with Crippen LogP contribution in [0.3, 0.4) is 0 Å². The van der Waals surface area contributed by atoms with Crippen LogP contribution < -0.4 is 5.32 Å². The van der Waals surface area contributed by atoms with E-state index in [9.17, 15) is 4.39 Å². The van der Waals surface area contributed by atoms with E-state index in [2.05, 4.69) is 35.5 Å². The van der Waals surface area contributed by atoms with Crippen molar-refractivity contribution < 1.29 is 4.39 Å². The molecule has 0 aliphatic carbocycles. The summed E-state index contributed by atoms with van der Waals surface area (Å²) in [5.41, 5.74) is 6.45. The highest BCUT2D eigenvalue weighted by Gasteiger charge is 2.23. The first kappa shape index (κ1) is 20.1. The fourth-order valence-electron chi connectivity index (χ4n) is 3.97. The first-order valence-corrected chi connectivity index (χ1v) is 10.4. The van der Waals surface area contributed by atoms with Crippen molar-refractivity contribution in [2.24, 2.45) is 0 Å². The van der Waals surface area contributed by atoms with Crippen molar-refractivity contribution in [1.29, 1.82) is 0 Å². The molecule has 0 fully saturated rings. The van der Waals surface area contributed by atoms with Crippen LogP contribution in [0.15, 0.2) is 55.4 Å². The summed E-state index contributed by atoms with van der Waals surface area (Å²) in [6.45, 7) is 3.95. The zero-order valence-corrected chi connectivity index (χ0v) is 18.1. The van der Waals surface area contributed by atoms with E-state index in [0.29, 0.717) is 22.0 Å². The van der Waals surface area contributed by atoms with Crippen LogP contribution in [0.25, 0.3) is 33.4 Å². The Labute approximate surface area is 188 Å². The Bertz CT molecular complexity index is 1410. The second kappa shape index (κ2) is 8.05. The number of fused-ring (bicyclic) bond motifs is 1. The van der Waals surface area contributed by atoms with Gasteiger partial charge in [0.05, 0.1) is 18.6 Å². The number of nitrogens with zero attached hydrogens (tertiary/aromatic N) is 4. The Hall–Kier alpha value is -3.78. The molecule has 0 saturated heterocycles. The summed E-state index contributed by atoms with van der Waals surface area (Å²) in [7, 11) is 0. The number of anilines is 1. The van der Waals surface area contributed by atoms with Gasteiger partial charge in [0, 0.05) is 16.8 Å². The molecule has 5 aromatic rings. The lowest BCUT2D eigenvalue weighted by atomic mass is 9.86. The van der Waals surface area contributed by atoms with Gasteiger partial charge in [0.25, 0.3) is 0 Å². The Balaban J connectivity index is 1.71. The number of aromatic amines is 2. The molecule has 0 aliphatic heterocycles. The van der Waals surface area contributed by atoms with E-state index in [1.165, 1.54) is 18.5 Å². The summed E-state index contributed by atoms with van der Waals surface area (Å²) in [5.74, 6) is 0.282. The topological polar surface area (TPSA) is 95.2 Å². The highest BCUT2D eigenvalue weighted by Crippen LogP contribution is 2.43. The van der Waals surface area contributed by atoms with Crippen LogP contribution in [-0.2, 0) is 0 Å². The highest BCUT2D eigenvalue weighted by atomic mass is 35.5. The highest BCUT2D eigenvalue weighted by molar-refractivity contribution is 6.32. The van der Waals surface area contributed by atoms with Gasteiger partial charge in [-0.15, -0.1) is 0 Å². The predicted molar refractivity (Wildman–Crippen MR) is 123 cm³/mol. The molecule has 160 valence electrons. The number of imidazole rings is 1. The van der Waals surface area contributed by atoms with Gasteiger partial charge in [-0.2, -0.15) is 5.10 Å². The van der Waals surface area contributed by atoms with Gasteiger partial charge in [0.1, 0.15) is 17.7 Å². The summed E-state index contributed by atoms with van der Waals surface area (Å²) in [5, 5.41) is 11.0. The summed E-state index contributed by atoms with van der Waals surface area (Å²) < 4.78 is 14.2. The molecule has 0 aliphatic rings. The predicted octanol–water partition coefficient (Wildman–Crippen LogP) is 5.68. The molecule has 5 rings (SSSR count). The Morgan fingerprint density at radius 1 is 1.09 bits per heavy atom. The molecule has 32 heavy (non-hydrogen) atoms. The van der Waals surface area contributed by atoms with E-state index >= 15 is 0 Å². The minimum atomic E-state index is -0.311. The number of halogens is 2. The molecule has 2 aromatic carbocycles. The zero-order valence-electron chi connectivity index (χ0n) is 17.3. The quantitative estimate of drug-likeness (QED) is 0.322. The van der Waals surface area contributed by atoms with Crippen molar-refractivity contribution in [3.05, 3.63) is 77.3 Å². The van der Waals surface area contributed by atoms with Crippen molar-refractivity contribution in [1.82, 2.24) is 30.1 Å². The Kier molecular flexibility index (Phi) is 5.07. The lowest BCUT2D eigenvalue weighted by Gasteiger charge is -2.23. The summed E-state index contributed by atoms with van der Waals surface area (Å²) in [6, 6.07) is 8.24. The lowest BCUT2D eigenvalue weighted by molar-refractivity contribution is 0.628. The third-order valence-corrected chi connectivity index (χ3v) is 5.88. The van der Waals surface area contributed by atoms with Gasteiger partial charge in [0.15, 0.2) is 11.5 Å². The van der Waals surface area contributed by atoms with Crippen molar-refractivity contribution in [3.63, 3.8) is 0 Å². The molecule has 3 N–H and O–H groups in total. The van der Waals surface area contributed by atoms with Gasteiger partial charge in [-0.1, -0.05) is 23.7 Å². The maximum atomic E-state index is 14.2. The van der Waals surface area contributed by atoms with E-state index in [1.54, 1.807) is 24.8 Å². The molecule has 0 saturated carbocycles. The van der Waals surface area contributed by atoms with Crippen LogP contribution in [0.5, 0.6) is 0 Å². The molecule has 0 spiro atoms. The fraction of sp³-hybridized carbons (Fsp3) is 0.130. The molecule has 1 atom stereocenters. The molecule has 3 heterocycles. The van der Waals surface area contributed by atoms with E-state index in [1.807, 2.05) is 26.0 Å². The standard InChI is InChI=1S/C23H19ClFN7/c1-12-18(24)7-17(13(2)32-23-21-22(27-10-26-21)28-11-29-23)20(14-4-3-5-16(25)6-14)19(12)15-8-30-31-9-15/h3-11,13H,1-2H3,(H,30,31)(H2,26,27,28,29,32). The SMILES string of the molecule is Cc1c(Cl)cc(C(C)Nc2ncnc3[nH]cnc23)c(-c2cccc(F)c2)c1-c1cn[nH]c1. The molecular weight excluding hydrogens is 429 g/mol. The smallest absolute Gasteiger partial charge is 0.162 e. The summed E-state index contributed by atoms with van der Waals surface area (Å²) in [6.07, 6.45) is 6.59. The van der Waals surface area contributed by atoms with Crippen molar-refractivity contribution in [3.8, 4) is 22.3 Å². The molecule has 0 amide bonds. The van der Waals surface area contributed by atoms with E-state index < -0.39 is 0 Å². The minimum Gasteiger partial charge on any atom is -0.362 e. The number of hydrogen-bond acceptors (Lipinski definition) is 5. The molecule has 0 radical (unpaired) electrons.